The van der Waals surface area contributed by atoms with Gasteiger partial charge < -0.3 is 15.4 Å². The zero-order valence-electron chi connectivity index (χ0n) is 10.6. The summed E-state index contributed by atoms with van der Waals surface area (Å²) >= 11 is 0. The first-order chi connectivity index (χ1) is 8.00. The predicted octanol–water partition coefficient (Wildman–Crippen LogP) is 1.56. The van der Waals surface area contributed by atoms with Crippen molar-refractivity contribution >= 4 is 5.91 Å². The van der Waals surface area contributed by atoms with Crippen LogP contribution in [-0.2, 0) is 4.79 Å². The van der Waals surface area contributed by atoms with Crippen LogP contribution in [0.5, 0.6) is 5.75 Å². The second-order valence-electron chi connectivity index (χ2n) is 4.24. The quantitative estimate of drug-likeness (QED) is 0.844. The summed E-state index contributed by atoms with van der Waals surface area (Å²) in [5, 5.41) is 0. The van der Waals surface area contributed by atoms with Crippen LogP contribution in [0.1, 0.15) is 24.9 Å². The van der Waals surface area contributed by atoms with E-state index < -0.39 is 0 Å². The Kier molecular flexibility index (Phi) is 4.97. The maximum Gasteiger partial charge on any atom is 0.225 e. The Hall–Kier alpha value is -1.55. The van der Waals surface area contributed by atoms with Crippen LogP contribution >= 0.6 is 0 Å². The fraction of sp³-hybridized carbons (Fsp3) is 0.462. The number of nitrogens with two attached hydrogens (primary N) is 1. The van der Waals surface area contributed by atoms with Crippen LogP contribution in [0.2, 0.25) is 0 Å². The normalized spacial score (nSPS) is 12.0. The molecule has 0 aliphatic carbocycles. The molecule has 0 radical (unpaired) electrons. The first-order valence-electron chi connectivity index (χ1n) is 5.69. The number of ether oxygens (including phenoxy) is 1. The maximum absolute atomic E-state index is 11.3. The third-order valence-corrected chi connectivity index (χ3v) is 2.49. The highest BCUT2D eigenvalue weighted by Gasteiger charge is 2.04. The van der Waals surface area contributed by atoms with E-state index in [4.69, 9.17) is 10.5 Å². The van der Waals surface area contributed by atoms with Crippen molar-refractivity contribution in [2.45, 2.75) is 19.4 Å². The Morgan fingerprint density at radius 2 is 1.94 bits per heavy atom. The molecular formula is C13H20N2O2. The van der Waals surface area contributed by atoms with Gasteiger partial charge >= 0.3 is 0 Å². The monoisotopic (exact) mass is 236 g/mol. The molecule has 1 rings (SSSR count). The Labute approximate surface area is 102 Å². The third kappa shape index (κ3) is 4.44. The molecule has 4 nitrogen and oxygen atoms in total. The number of nitrogens with zero attached hydrogens (tertiary/aromatic N) is 1. The van der Waals surface area contributed by atoms with Crippen molar-refractivity contribution in [1.29, 1.82) is 0 Å². The van der Waals surface area contributed by atoms with E-state index >= 15 is 0 Å². The summed E-state index contributed by atoms with van der Waals surface area (Å²) in [6.07, 6.45) is 0.391. The average molecular weight is 236 g/mol. The Balaban J connectivity index is 2.40. The zero-order chi connectivity index (χ0) is 12.8. The molecule has 0 aromatic heterocycles. The molecule has 0 spiro atoms. The molecule has 4 heteroatoms. The highest BCUT2D eigenvalue weighted by Crippen LogP contribution is 2.16. The fourth-order valence-corrected chi connectivity index (χ4v) is 1.35. The minimum atomic E-state index is 0.0272. The van der Waals surface area contributed by atoms with Crippen molar-refractivity contribution in [3.05, 3.63) is 29.8 Å². The van der Waals surface area contributed by atoms with E-state index in [-0.39, 0.29) is 11.9 Å². The summed E-state index contributed by atoms with van der Waals surface area (Å²) in [7, 11) is 3.47. The number of rotatable bonds is 5. The van der Waals surface area contributed by atoms with E-state index in [1.807, 2.05) is 31.2 Å². The molecule has 0 bridgehead atoms. The molecule has 0 saturated heterocycles. The summed E-state index contributed by atoms with van der Waals surface area (Å²) in [5.41, 5.74) is 6.82. The van der Waals surface area contributed by atoms with Crippen molar-refractivity contribution in [3.63, 3.8) is 0 Å². The lowest BCUT2D eigenvalue weighted by Gasteiger charge is -2.11. The van der Waals surface area contributed by atoms with Crippen LogP contribution in [0.25, 0.3) is 0 Å². The van der Waals surface area contributed by atoms with E-state index in [0.29, 0.717) is 13.0 Å². The van der Waals surface area contributed by atoms with E-state index in [2.05, 4.69) is 0 Å². The standard InChI is InChI=1S/C13H20N2O2/c1-10(14)11-4-6-12(7-5-11)17-9-8-13(16)15(2)3/h4-7,10H,8-9,14H2,1-3H3/t10-/m1/s1. The number of amides is 1. The lowest BCUT2D eigenvalue weighted by atomic mass is 10.1. The van der Waals surface area contributed by atoms with Gasteiger partial charge in [0.15, 0.2) is 0 Å². The van der Waals surface area contributed by atoms with Crippen molar-refractivity contribution < 1.29 is 9.53 Å². The Bertz CT molecular complexity index is 358. The van der Waals surface area contributed by atoms with Crippen molar-refractivity contribution in [2.75, 3.05) is 20.7 Å². The molecule has 0 heterocycles. The fourth-order valence-electron chi connectivity index (χ4n) is 1.35. The lowest BCUT2D eigenvalue weighted by molar-refractivity contribution is -0.129. The van der Waals surface area contributed by atoms with Crippen LogP contribution in [-0.4, -0.2) is 31.5 Å². The van der Waals surface area contributed by atoms with Gasteiger partial charge in [0.05, 0.1) is 13.0 Å². The van der Waals surface area contributed by atoms with Crippen LogP contribution in [0.3, 0.4) is 0 Å². The topological polar surface area (TPSA) is 55.6 Å². The molecule has 0 saturated carbocycles. The van der Waals surface area contributed by atoms with E-state index in [1.165, 1.54) is 0 Å². The van der Waals surface area contributed by atoms with Gasteiger partial charge in [0.1, 0.15) is 5.75 Å². The van der Waals surface area contributed by atoms with Crippen molar-refractivity contribution in [1.82, 2.24) is 4.90 Å². The molecule has 1 aromatic rings. The van der Waals surface area contributed by atoms with Gasteiger partial charge in [0.25, 0.3) is 0 Å². The summed E-state index contributed by atoms with van der Waals surface area (Å²) in [4.78, 5) is 12.9. The number of carbonyl (C=O) groups is 1. The molecular weight excluding hydrogens is 216 g/mol. The van der Waals surface area contributed by atoms with Crippen molar-refractivity contribution in [3.8, 4) is 5.75 Å². The third-order valence-electron chi connectivity index (χ3n) is 2.49. The summed E-state index contributed by atoms with van der Waals surface area (Å²) in [5.74, 6) is 0.832. The van der Waals surface area contributed by atoms with Crippen LogP contribution in [0.15, 0.2) is 24.3 Å². The van der Waals surface area contributed by atoms with E-state index in [9.17, 15) is 4.79 Å². The zero-order valence-corrected chi connectivity index (χ0v) is 10.6. The maximum atomic E-state index is 11.3. The van der Waals surface area contributed by atoms with Crippen LogP contribution in [0, 0.1) is 0 Å². The number of benzene rings is 1. The van der Waals surface area contributed by atoms with Gasteiger partial charge in [-0.2, -0.15) is 0 Å². The van der Waals surface area contributed by atoms with Gasteiger partial charge in [-0.05, 0) is 24.6 Å². The number of hydrogen-bond donors (Lipinski definition) is 1. The first-order valence-corrected chi connectivity index (χ1v) is 5.69. The minimum Gasteiger partial charge on any atom is -0.493 e. The van der Waals surface area contributed by atoms with E-state index in [1.54, 1.807) is 19.0 Å². The van der Waals surface area contributed by atoms with Gasteiger partial charge in [-0.15, -0.1) is 0 Å². The molecule has 0 aliphatic rings. The van der Waals surface area contributed by atoms with Crippen molar-refractivity contribution in [2.24, 2.45) is 5.73 Å². The van der Waals surface area contributed by atoms with Gasteiger partial charge in [0, 0.05) is 20.1 Å². The summed E-state index contributed by atoms with van der Waals surface area (Å²) in [6, 6.07) is 7.65. The molecule has 0 aliphatic heterocycles. The summed E-state index contributed by atoms with van der Waals surface area (Å²) < 4.78 is 5.47. The number of hydrogen-bond acceptors (Lipinski definition) is 3. The molecule has 1 atom stereocenters. The molecule has 1 aromatic carbocycles. The van der Waals surface area contributed by atoms with Gasteiger partial charge in [-0.1, -0.05) is 12.1 Å². The summed E-state index contributed by atoms with van der Waals surface area (Å²) in [6.45, 7) is 2.33. The van der Waals surface area contributed by atoms with Gasteiger partial charge in [-0.3, -0.25) is 4.79 Å². The molecule has 1 amide bonds. The smallest absolute Gasteiger partial charge is 0.225 e. The molecule has 2 N–H and O–H groups in total. The van der Waals surface area contributed by atoms with E-state index in [0.717, 1.165) is 11.3 Å². The second kappa shape index (κ2) is 6.25. The molecule has 0 fully saturated rings. The Morgan fingerprint density at radius 1 is 1.35 bits per heavy atom. The number of carbonyl (C=O) groups excluding carboxylic acids is 1. The Morgan fingerprint density at radius 3 is 2.41 bits per heavy atom. The van der Waals surface area contributed by atoms with Crippen LogP contribution in [0.4, 0.5) is 0 Å². The van der Waals surface area contributed by atoms with Gasteiger partial charge in [-0.25, -0.2) is 0 Å². The largest absolute Gasteiger partial charge is 0.493 e. The molecule has 17 heavy (non-hydrogen) atoms. The van der Waals surface area contributed by atoms with Crippen LogP contribution < -0.4 is 10.5 Å². The molecule has 0 unspecified atom stereocenters. The highest BCUT2D eigenvalue weighted by molar-refractivity contribution is 5.75. The first kappa shape index (κ1) is 13.5. The predicted molar refractivity (Wildman–Crippen MR) is 67.9 cm³/mol. The lowest BCUT2D eigenvalue weighted by Crippen LogP contribution is -2.23. The molecule has 94 valence electrons. The second-order valence-corrected chi connectivity index (χ2v) is 4.24. The highest BCUT2D eigenvalue weighted by atomic mass is 16.5. The van der Waals surface area contributed by atoms with Gasteiger partial charge in [0.2, 0.25) is 5.91 Å². The SMILES string of the molecule is C[C@@H](N)c1ccc(OCCC(=O)N(C)C)cc1. The average Bonchev–Trinajstić information content (AvgIpc) is 2.29. The minimum absolute atomic E-state index is 0.0272.